The molecule has 0 radical (unpaired) electrons. The Morgan fingerprint density at radius 2 is 1.68 bits per heavy atom. The minimum Gasteiger partial charge on any atom is -0.389 e. The largest absolute Gasteiger partial charge is 0.389 e. The van der Waals surface area contributed by atoms with Gasteiger partial charge in [-0.15, -0.1) is 0 Å². The van der Waals surface area contributed by atoms with Crippen molar-refractivity contribution in [2.45, 2.75) is 64.0 Å². The van der Waals surface area contributed by atoms with E-state index < -0.39 is 5.60 Å². The third-order valence-electron chi connectivity index (χ3n) is 4.35. The van der Waals surface area contributed by atoms with E-state index in [1.165, 1.54) is 24.0 Å². The van der Waals surface area contributed by atoms with Gasteiger partial charge in [0.05, 0.1) is 5.60 Å². The van der Waals surface area contributed by atoms with Gasteiger partial charge in [0.1, 0.15) is 0 Å². The van der Waals surface area contributed by atoms with Crippen LogP contribution in [0.5, 0.6) is 0 Å². The molecule has 0 saturated heterocycles. The summed E-state index contributed by atoms with van der Waals surface area (Å²) < 4.78 is 0. The van der Waals surface area contributed by atoms with Crippen LogP contribution in [0, 0.1) is 6.92 Å². The molecule has 19 heavy (non-hydrogen) atoms. The minimum absolute atomic E-state index is 0.299. The van der Waals surface area contributed by atoms with Crippen LogP contribution in [-0.4, -0.2) is 17.3 Å². The summed E-state index contributed by atoms with van der Waals surface area (Å²) in [6.45, 7) is 4.99. The molecule has 0 heterocycles. The summed E-state index contributed by atoms with van der Waals surface area (Å²) in [4.78, 5) is 0. The van der Waals surface area contributed by atoms with Crippen LogP contribution in [0.2, 0.25) is 0 Å². The molecular formula is C17H27NO. The maximum absolute atomic E-state index is 10.6. The molecule has 1 aliphatic carbocycles. The van der Waals surface area contributed by atoms with Crippen LogP contribution in [-0.2, 0) is 0 Å². The Morgan fingerprint density at radius 3 is 2.26 bits per heavy atom. The molecule has 1 aromatic carbocycles. The summed E-state index contributed by atoms with van der Waals surface area (Å²) in [5, 5.41) is 14.1. The number of nitrogens with one attached hydrogen (secondary N) is 1. The smallest absolute Gasteiger partial charge is 0.0771 e. The zero-order valence-corrected chi connectivity index (χ0v) is 12.3. The molecule has 106 valence electrons. The molecule has 0 aliphatic heterocycles. The van der Waals surface area contributed by atoms with E-state index in [2.05, 4.69) is 43.4 Å². The highest BCUT2D eigenvalue weighted by molar-refractivity contribution is 5.23. The predicted molar refractivity (Wildman–Crippen MR) is 80.2 cm³/mol. The lowest BCUT2D eigenvalue weighted by Gasteiger charge is -2.29. The van der Waals surface area contributed by atoms with Gasteiger partial charge in [0, 0.05) is 12.6 Å². The third kappa shape index (κ3) is 4.32. The van der Waals surface area contributed by atoms with Gasteiger partial charge in [-0.05, 0) is 32.3 Å². The first kappa shape index (κ1) is 14.5. The van der Waals surface area contributed by atoms with E-state index in [1.54, 1.807) is 0 Å². The first-order valence-electron chi connectivity index (χ1n) is 7.61. The van der Waals surface area contributed by atoms with Crippen LogP contribution in [0.4, 0.5) is 0 Å². The summed E-state index contributed by atoms with van der Waals surface area (Å²) in [5.74, 6) is 0. The second kappa shape index (κ2) is 6.53. The van der Waals surface area contributed by atoms with E-state index in [-0.39, 0.29) is 0 Å². The average Bonchev–Trinajstić information content (AvgIpc) is 2.62. The molecule has 1 aromatic rings. The van der Waals surface area contributed by atoms with Crippen molar-refractivity contribution < 1.29 is 5.11 Å². The van der Waals surface area contributed by atoms with E-state index >= 15 is 0 Å². The number of aryl methyl sites for hydroxylation is 1. The molecule has 1 aliphatic rings. The zero-order chi connectivity index (χ0) is 13.7. The first-order valence-corrected chi connectivity index (χ1v) is 7.61. The molecule has 2 N–H and O–H groups in total. The molecule has 2 heteroatoms. The Labute approximate surface area is 117 Å². The van der Waals surface area contributed by atoms with E-state index in [0.29, 0.717) is 12.6 Å². The van der Waals surface area contributed by atoms with Crippen LogP contribution < -0.4 is 5.32 Å². The fraction of sp³-hybridized carbons (Fsp3) is 0.647. The topological polar surface area (TPSA) is 32.3 Å². The van der Waals surface area contributed by atoms with Crippen molar-refractivity contribution in [3.63, 3.8) is 0 Å². The maximum atomic E-state index is 10.6. The fourth-order valence-electron chi connectivity index (χ4n) is 2.88. The van der Waals surface area contributed by atoms with Gasteiger partial charge in [-0.2, -0.15) is 0 Å². The van der Waals surface area contributed by atoms with Gasteiger partial charge in [0.15, 0.2) is 0 Å². The molecule has 0 unspecified atom stereocenters. The summed E-state index contributed by atoms with van der Waals surface area (Å²) in [6, 6.07) is 8.93. The number of benzene rings is 1. The second-order valence-corrected chi connectivity index (χ2v) is 6.15. The minimum atomic E-state index is -0.491. The van der Waals surface area contributed by atoms with Gasteiger partial charge in [-0.1, -0.05) is 55.5 Å². The quantitative estimate of drug-likeness (QED) is 0.809. The van der Waals surface area contributed by atoms with Crippen molar-refractivity contribution >= 4 is 0 Å². The molecule has 0 aromatic heterocycles. The van der Waals surface area contributed by atoms with Crippen molar-refractivity contribution in [1.82, 2.24) is 5.32 Å². The SMILES string of the molecule is Cc1ccc([C@@H](C)NCC2(O)CCCCCC2)cc1. The summed E-state index contributed by atoms with van der Waals surface area (Å²) in [7, 11) is 0. The molecule has 1 saturated carbocycles. The monoisotopic (exact) mass is 261 g/mol. The molecule has 2 nitrogen and oxygen atoms in total. The van der Waals surface area contributed by atoms with E-state index in [4.69, 9.17) is 0 Å². The standard InChI is InChI=1S/C17H27NO/c1-14-7-9-16(10-8-14)15(2)18-13-17(19)11-5-3-4-6-12-17/h7-10,15,18-19H,3-6,11-13H2,1-2H3/t15-/m1/s1. The highest BCUT2D eigenvalue weighted by atomic mass is 16.3. The van der Waals surface area contributed by atoms with Crippen LogP contribution in [0.15, 0.2) is 24.3 Å². The Bertz CT molecular complexity index is 377. The highest BCUT2D eigenvalue weighted by Gasteiger charge is 2.28. The Hall–Kier alpha value is -0.860. The first-order chi connectivity index (χ1) is 9.09. The molecule has 0 bridgehead atoms. The van der Waals surface area contributed by atoms with E-state index in [9.17, 15) is 5.11 Å². The number of aliphatic hydroxyl groups is 1. The molecule has 2 rings (SSSR count). The number of hydrogen-bond acceptors (Lipinski definition) is 2. The molecule has 0 amide bonds. The lowest BCUT2D eigenvalue weighted by molar-refractivity contribution is 0.0231. The molecule has 1 atom stereocenters. The van der Waals surface area contributed by atoms with Gasteiger partial charge in [0.2, 0.25) is 0 Å². The lowest BCUT2D eigenvalue weighted by atomic mass is 9.94. The normalized spacial score (nSPS) is 20.8. The van der Waals surface area contributed by atoms with Crippen LogP contribution in [0.3, 0.4) is 0 Å². The van der Waals surface area contributed by atoms with Crippen molar-refractivity contribution in [1.29, 1.82) is 0 Å². The van der Waals surface area contributed by atoms with Crippen LogP contribution in [0.1, 0.15) is 62.6 Å². The summed E-state index contributed by atoms with van der Waals surface area (Å²) in [5.41, 5.74) is 2.09. The van der Waals surface area contributed by atoms with Gasteiger partial charge < -0.3 is 10.4 Å². The maximum Gasteiger partial charge on any atom is 0.0771 e. The fourth-order valence-corrected chi connectivity index (χ4v) is 2.88. The molecule has 0 spiro atoms. The highest BCUT2D eigenvalue weighted by Crippen LogP contribution is 2.27. The van der Waals surface area contributed by atoms with Crippen LogP contribution in [0.25, 0.3) is 0 Å². The van der Waals surface area contributed by atoms with Crippen molar-refractivity contribution in [3.8, 4) is 0 Å². The van der Waals surface area contributed by atoms with Gasteiger partial charge in [0.25, 0.3) is 0 Å². The van der Waals surface area contributed by atoms with Crippen molar-refractivity contribution in [3.05, 3.63) is 35.4 Å². The molecule has 1 fully saturated rings. The van der Waals surface area contributed by atoms with Gasteiger partial charge in [-0.25, -0.2) is 0 Å². The Morgan fingerprint density at radius 1 is 1.11 bits per heavy atom. The second-order valence-electron chi connectivity index (χ2n) is 6.15. The van der Waals surface area contributed by atoms with Crippen molar-refractivity contribution in [2.24, 2.45) is 0 Å². The zero-order valence-electron chi connectivity index (χ0n) is 12.3. The lowest BCUT2D eigenvalue weighted by Crippen LogP contribution is -2.41. The predicted octanol–water partition coefficient (Wildman–Crippen LogP) is 3.73. The van der Waals surface area contributed by atoms with E-state index in [0.717, 1.165) is 25.7 Å². The summed E-state index contributed by atoms with van der Waals surface area (Å²) in [6.07, 6.45) is 6.76. The Kier molecular flexibility index (Phi) is 5.00. The van der Waals surface area contributed by atoms with Gasteiger partial charge in [-0.3, -0.25) is 0 Å². The van der Waals surface area contributed by atoms with Crippen molar-refractivity contribution in [2.75, 3.05) is 6.54 Å². The van der Waals surface area contributed by atoms with Crippen LogP contribution >= 0.6 is 0 Å². The average molecular weight is 261 g/mol. The van der Waals surface area contributed by atoms with E-state index in [1.807, 2.05) is 0 Å². The Balaban J connectivity index is 1.88. The number of rotatable bonds is 4. The number of hydrogen-bond donors (Lipinski definition) is 2. The third-order valence-corrected chi connectivity index (χ3v) is 4.35. The van der Waals surface area contributed by atoms with Gasteiger partial charge >= 0.3 is 0 Å². The molecular weight excluding hydrogens is 234 g/mol. The summed E-state index contributed by atoms with van der Waals surface area (Å²) >= 11 is 0.